The molecule has 0 amide bonds. The van der Waals surface area contributed by atoms with Crippen LogP contribution in [0.5, 0.6) is 0 Å². The Morgan fingerprint density at radius 1 is 1.30 bits per heavy atom. The van der Waals surface area contributed by atoms with Crippen molar-refractivity contribution in [3.05, 3.63) is 42.2 Å². The number of rotatable bonds is 6. The van der Waals surface area contributed by atoms with Gasteiger partial charge in [-0.05, 0) is 32.4 Å². The first-order valence-electron chi connectivity index (χ1n) is 6.77. The first kappa shape index (κ1) is 14.4. The molecule has 0 aliphatic carbocycles. The van der Waals surface area contributed by atoms with Gasteiger partial charge in [0.05, 0.1) is 11.9 Å². The van der Waals surface area contributed by atoms with Crippen molar-refractivity contribution in [1.29, 1.82) is 0 Å². The lowest BCUT2D eigenvalue weighted by Crippen LogP contribution is -2.39. The number of aromatic nitrogens is 3. The van der Waals surface area contributed by atoms with Crippen molar-refractivity contribution in [3.8, 4) is 5.69 Å². The zero-order chi connectivity index (χ0) is 14.6. The van der Waals surface area contributed by atoms with E-state index in [1.807, 2.05) is 44.2 Å². The molecule has 106 valence electrons. The normalized spacial score (nSPS) is 13.9. The van der Waals surface area contributed by atoms with Gasteiger partial charge in [-0.25, -0.2) is 4.68 Å². The number of benzene rings is 1. The summed E-state index contributed by atoms with van der Waals surface area (Å²) in [6.45, 7) is 6.11. The second-order valence-corrected chi connectivity index (χ2v) is 4.71. The molecule has 1 heterocycles. The van der Waals surface area contributed by atoms with Crippen LogP contribution in [0.15, 0.2) is 36.5 Å². The fraction of sp³-hybridized carbons (Fsp3) is 0.400. The molecule has 0 spiro atoms. The lowest BCUT2D eigenvalue weighted by Gasteiger charge is -2.26. The minimum absolute atomic E-state index is 0.101. The van der Waals surface area contributed by atoms with Crippen molar-refractivity contribution in [3.63, 3.8) is 0 Å². The molecular weight excluding hydrogens is 254 g/mol. The highest BCUT2D eigenvalue weighted by Gasteiger charge is 2.35. The molecule has 0 N–H and O–H groups in total. The van der Waals surface area contributed by atoms with Crippen LogP contribution < -0.4 is 0 Å². The van der Waals surface area contributed by atoms with E-state index >= 15 is 0 Å². The van der Waals surface area contributed by atoms with Gasteiger partial charge in [-0.3, -0.25) is 4.79 Å². The van der Waals surface area contributed by atoms with E-state index in [9.17, 15) is 4.79 Å². The first-order valence-corrected chi connectivity index (χ1v) is 6.77. The van der Waals surface area contributed by atoms with Gasteiger partial charge in [0.2, 0.25) is 5.78 Å². The molecule has 20 heavy (non-hydrogen) atoms. The topological polar surface area (TPSA) is 57.0 Å². The Bertz CT molecular complexity index is 580. The molecule has 5 heteroatoms. The molecule has 1 atom stereocenters. The summed E-state index contributed by atoms with van der Waals surface area (Å²) < 4.78 is 7.19. The summed E-state index contributed by atoms with van der Waals surface area (Å²) in [5, 5.41) is 7.87. The van der Waals surface area contributed by atoms with E-state index in [1.54, 1.807) is 11.6 Å². The van der Waals surface area contributed by atoms with Gasteiger partial charge >= 0.3 is 0 Å². The van der Waals surface area contributed by atoms with Gasteiger partial charge in [0.1, 0.15) is 11.3 Å². The van der Waals surface area contributed by atoms with E-state index in [-0.39, 0.29) is 5.78 Å². The number of ether oxygens (including phenoxy) is 1. The van der Waals surface area contributed by atoms with Crippen molar-refractivity contribution in [2.45, 2.75) is 32.8 Å². The molecule has 0 saturated heterocycles. The molecule has 0 saturated carbocycles. The van der Waals surface area contributed by atoms with E-state index in [0.29, 0.717) is 18.7 Å². The summed E-state index contributed by atoms with van der Waals surface area (Å²) in [6.07, 6.45) is 2.09. The zero-order valence-electron chi connectivity index (χ0n) is 12.0. The molecule has 0 fully saturated rings. The van der Waals surface area contributed by atoms with Crippen molar-refractivity contribution in [1.82, 2.24) is 15.0 Å². The fourth-order valence-corrected chi connectivity index (χ4v) is 2.07. The number of carbonyl (C=O) groups excluding carboxylic acids is 1. The Kier molecular flexibility index (Phi) is 4.29. The van der Waals surface area contributed by atoms with Crippen LogP contribution >= 0.6 is 0 Å². The largest absolute Gasteiger partial charge is 0.367 e. The third-order valence-corrected chi connectivity index (χ3v) is 3.40. The molecule has 2 rings (SSSR count). The Morgan fingerprint density at radius 2 is 2.00 bits per heavy atom. The van der Waals surface area contributed by atoms with Crippen LogP contribution in [0.25, 0.3) is 5.69 Å². The highest BCUT2D eigenvalue weighted by Crippen LogP contribution is 2.22. The van der Waals surface area contributed by atoms with Crippen LogP contribution in [0.2, 0.25) is 0 Å². The summed E-state index contributed by atoms with van der Waals surface area (Å²) in [7, 11) is 0. The van der Waals surface area contributed by atoms with Gasteiger partial charge in [-0.1, -0.05) is 30.3 Å². The fourth-order valence-electron chi connectivity index (χ4n) is 2.07. The van der Waals surface area contributed by atoms with Crippen LogP contribution in [-0.4, -0.2) is 33.0 Å². The number of hydrogen-bond donors (Lipinski definition) is 0. The predicted molar refractivity (Wildman–Crippen MR) is 76.0 cm³/mol. The van der Waals surface area contributed by atoms with Gasteiger partial charge in [0, 0.05) is 6.61 Å². The highest BCUT2D eigenvalue weighted by molar-refractivity contribution is 6.01. The smallest absolute Gasteiger partial charge is 0.214 e. The minimum Gasteiger partial charge on any atom is -0.367 e. The summed E-state index contributed by atoms with van der Waals surface area (Å²) in [5.74, 6) is -0.101. The lowest BCUT2D eigenvalue weighted by atomic mass is 9.95. The number of Topliss-reactive ketones (excluding diaryl/α,β-unsaturated/α-hetero) is 1. The first-order chi connectivity index (χ1) is 9.62. The number of para-hydroxylation sites is 1. The Morgan fingerprint density at radius 3 is 2.60 bits per heavy atom. The molecule has 1 aromatic heterocycles. The van der Waals surface area contributed by atoms with Gasteiger partial charge in [-0.2, -0.15) is 0 Å². The third-order valence-electron chi connectivity index (χ3n) is 3.40. The van der Waals surface area contributed by atoms with Gasteiger partial charge in [0.15, 0.2) is 0 Å². The maximum absolute atomic E-state index is 12.7. The minimum atomic E-state index is -0.844. The van der Waals surface area contributed by atoms with Crippen molar-refractivity contribution in [2.24, 2.45) is 0 Å². The van der Waals surface area contributed by atoms with E-state index in [4.69, 9.17) is 4.74 Å². The van der Waals surface area contributed by atoms with Crippen LogP contribution in [0, 0.1) is 0 Å². The van der Waals surface area contributed by atoms with Crippen LogP contribution in [0.3, 0.4) is 0 Å². The highest BCUT2D eigenvalue weighted by atomic mass is 16.5. The van der Waals surface area contributed by atoms with E-state index in [2.05, 4.69) is 10.3 Å². The number of ketones is 1. The molecule has 0 radical (unpaired) electrons. The Balaban J connectivity index is 2.40. The van der Waals surface area contributed by atoms with Crippen LogP contribution in [0.4, 0.5) is 0 Å². The monoisotopic (exact) mass is 273 g/mol. The maximum atomic E-state index is 12.7. The van der Waals surface area contributed by atoms with Gasteiger partial charge < -0.3 is 4.74 Å². The SMILES string of the molecule is CCOC(C)(CC)C(=O)c1cnnn1-c1ccccc1. The average molecular weight is 273 g/mol. The summed E-state index contributed by atoms with van der Waals surface area (Å²) >= 11 is 0. The molecular formula is C15H19N3O2. The van der Waals surface area contributed by atoms with Crippen LogP contribution in [0.1, 0.15) is 37.7 Å². The Hall–Kier alpha value is -2.01. The molecule has 1 unspecified atom stereocenters. The number of nitrogens with zero attached hydrogens (tertiary/aromatic N) is 3. The number of hydrogen-bond acceptors (Lipinski definition) is 4. The second kappa shape index (κ2) is 5.96. The maximum Gasteiger partial charge on any atom is 0.214 e. The lowest BCUT2D eigenvalue weighted by molar-refractivity contribution is -0.0121. The van der Waals surface area contributed by atoms with Gasteiger partial charge in [-0.15, -0.1) is 5.10 Å². The summed E-state index contributed by atoms with van der Waals surface area (Å²) in [4.78, 5) is 12.7. The van der Waals surface area contributed by atoms with Crippen LogP contribution in [-0.2, 0) is 4.74 Å². The second-order valence-electron chi connectivity index (χ2n) is 4.71. The van der Waals surface area contributed by atoms with Crippen molar-refractivity contribution < 1.29 is 9.53 Å². The molecule has 1 aromatic carbocycles. The van der Waals surface area contributed by atoms with E-state index in [1.165, 1.54) is 6.20 Å². The standard InChI is InChI=1S/C15H19N3O2/c1-4-15(3,20-5-2)14(19)13-11-16-17-18(13)12-9-7-6-8-10-12/h6-11H,4-5H2,1-3H3. The van der Waals surface area contributed by atoms with E-state index < -0.39 is 5.60 Å². The predicted octanol–water partition coefficient (Wildman–Crippen LogP) is 2.66. The van der Waals surface area contributed by atoms with Gasteiger partial charge in [0.25, 0.3) is 0 Å². The molecule has 2 aromatic rings. The Labute approximate surface area is 118 Å². The average Bonchev–Trinajstić information content (AvgIpc) is 2.96. The third kappa shape index (κ3) is 2.63. The zero-order valence-corrected chi connectivity index (χ0v) is 12.0. The van der Waals surface area contributed by atoms with Crippen molar-refractivity contribution >= 4 is 5.78 Å². The van der Waals surface area contributed by atoms with Crippen molar-refractivity contribution in [2.75, 3.05) is 6.61 Å². The molecule has 0 aliphatic heterocycles. The molecule has 0 bridgehead atoms. The van der Waals surface area contributed by atoms with E-state index in [0.717, 1.165) is 5.69 Å². The quantitative estimate of drug-likeness (QED) is 0.759. The number of carbonyl (C=O) groups is 1. The molecule has 5 nitrogen and oxygen atoms in total. The molecule has 0 aliphatic rings. The summed E-state index contributed by atoms with van der Waals surface area (Å²) in [6, 6.07) is 9.47. The summed E-state index contributed by atoms with van der Waals surface area (Å²) in [5.41, 5.74) is 0.403.